The molecule has 0 aromatic heterocycles. The van der Waals surface area contributed by atoms with Gasteiger partial charge in [0.2, 0.25) is 0 Å². The molecule has 1 atom stereocenters. The number of nitrogens with one attached hydrogen (secondary N) is 1. The highest BCUT2D eigenvalue weighted by Gasteiger charge is 2.23. The van der Waals surface area contributed by atoms with Gasteiger partial charge in [0, 0.05) is 19.5 Å². The van der Waals surface area contributed by atoms with Crippen molar-refractivity contribution < 1.29 is 24.2 Å². The Hall–Kier alpha value is -0.950. The number of carboxylic acids is 1. The van der Waals surface area contributed by atoms with Gasteiger partial charge in [0.15, 0.2) is 0 Å². The fraction of sp³-hybridized carbons (Fsp3) is 0.833. The number of hydrogen-bond acceptors (Lipinski definition) is 5. The maximum atomic E-state index is 11.5. The van der Waals surface area contributed by atoms with E-state index in [9.17, 15) is 9.59 Å². The van der Waals surface area contributed by atoms with E-state index < -0.39 is 23.7 Å². The molecule has 0 saturated carbocycles. The summed E-state index contributed by atoms with van der Waals surface area (Å²) in [6.45, 7) is 5.82. The van der Waals surface area contributed by atoms with E-state index in [0.717, 1.165) is 12.2 Å². The van der Waals surface area contributed by atoms with Gasteiger partial charge in [0.25, 0.3) is 0 Å². The van der Waals surface area contributed by atoms with Crippen LogP contribution in [0.4, 0.5) is 4.79 Å². The number of carboxylic acid groups (broad SMARTS) is 1. The maximum absolute atomic E-state index is 11.5. The number of rotatable bonds is 8. The molecule has 19 heavy (non-hydrogen) atoms. The second-order valence-corrected chi connectivity index (χ2v) is 6.11. The van der Waals surface area contributed by atoms with Crippen LogP contribution in [-0.2, 0) is 14.3 Å². The van der Waals surface area contributed by atoms with E-state index in [1.54, 1.807) is 27.9 Å². The molecule has 2 N–H and O–H groups in total. The Bertz CT molecular complexity index is 290. The Morgan fingerprint density at radius 3 is 2.47 bits per heavy atom. The first kappa shape index (κ1) is 18.0. The Morgan fingerprint density at radius 2 is 2.00 bits per heavy atom. The third kappa shape index (κ3) is 10.6. The second-order valence-electron chi connectivity index (χ2n) is 4.96. The zero-order chi connectivity index (χ0) is 14.9. The summed E-state index contributed by atoms with van der Waals surface area (Å²) in [6.07, 6.45) is 0.136. The zero-order valence-electron chi connectivity index (χ0n) is 11.9. The second kappa shape index (κ2) is 9.03. The third-order valence-electron chi connectivity index (χ3n) is 1.91. The van der Waals surface area contributed by atoms with Gasteiger partial charge in [-0.3, -0.25) is 0 Å². The molecule has 0 aliphatic carbocycles. The summed E-state index contributed by atoms with van der Waals surface area (Å²) in [5.41, 5.74) is -0.640. The Morgan fingerprint density at radius 1 is 1.37 bits per heavy atom. The third-order valence-corrected chi connectivity index (χ3v) is 3.06. The van der Waals surface area contributed by atoms with Crippen LogP contribution in [0.25, 0.3) is 0 Å². The average molecular weight is 293 g/mol. The van der Waals surface area contributed by atoms with Crippen LogP contribution < -0.4 is 5.32 Å². The van der Waals surface area contributed by atoms with Crippen LogP contribution in [-0.4, -0.2) is 54.0 Å². The number of carbonyl (C=O) groups is 2. The van der Waals surface area contributed by atoms with Gasteiger partial charge >= 0.3 is 12.1 Å². The largest absolute Gasteiger partial charge is 0.480 e. The minimum absolute atomic E-state index is 0.304. The predicted molar refractivity (Wildman–Crippen MR) is 74.6 cm³/mol. The normalized spacial score (nSPS) is 12.8. The molecule has 6 nitrogen and oxygen atoms in total. The number of carbonyl (C=O) groups excluding carboxylic acids is 1. The van der Waals surface area contributed by atoms with Crippen molar-refractivity contribution in [2.45, 2.75) is 38.8 Å². The number of aliphatic carboxylic acids is 1. The molecule has 0 aliphatic heterocycles. The topological polar surface area (TPSA) is 84.9 Å². The summed E-state index contributed by atoms with van der Waals surface area (Å²) in [4.78, 5) is 22.5. The number of amides is 1. The molecule has 1 amide bonds. The summed E-state index contributed by atoms with van der Waals surface area (Å²) < 4.78 is 9.92. The Kier molecular flexibility index (Phi) is 8.58. The summed E-state index contributed by atoms with van der Waals surface area (Å²) in [6, 6.07) is -0.942. The maximum Gasteiger partial charge on any atom is 0.408 e. The van der Waals surface area contributed by atoms with Gasteiger partial charge in [-0.05, 0) is 32.9 Å². The van der Waals surface area contributed by atoms with Crippen molar-refractivity contribution in [2.75, 3.05) is 25.2 Å². The van der Waals surface area contributed by atoms with Crippen LogP contribution in [0.5, 0.6) is 0 Å². The molecule has 0 aromatic carbocycles. The monoisotopic (exact) mass is 293 g/mol. The Balaban J connectivity index is 4.05. The first-order valence-electron chi connectivity index (χ1n) is 6.05. The van der Waals surface area contributed by atoms with Crippen molar-refractivity contribution in [2.24, 2.45) is 0 Å². The molecule has 0 aromatic rings. The fourth-order valence-electron chi connectivity index (χ4n) is 1.13. The van der Waals surface area contributed by atoms with Crippen LogP contribution in [0.2, 0.25) is 0 Å². The molecule has 0 radical (unpaired) electrons. The first-order chi connectivity index (χ1) is 8.76. The van der Waals surface area contributed by atoms with Gasteiger partial charge in [-0.2, -0.15) is 11.8 Å². The van der Waals surface area contributed by atoms with Crippen LogP contribution in [0.3, 0.4) is 0 Å². The zero-order valence-corrected chi connectivity index (χ0v) is 12.7. The van der Waals surface area contributed by atoms with Crippen molar-refractivity contribution in [3.63, 3.8) is 0 Å². The smallest absolute Gasteiger partial charge is 0.408 e. The van der Waals surface area contributed by atoms with Crippen molar-refractivity contribution in [1.29, 1.82) is 0 Å². The minimum Gasteiger partial charge on any atom is -0.480 e. The highest BCUT2D eigenvalue weighted by Crippen LogP contribution is 2.09. The molecule has 112 valence electrons. The molecule has 7 heteroatoms. The van der Waals surface area contributed by atoms with E-state index in [2.05, 4.69) is 5.32 Å². The predicted octanol–water partition coefficient (Wildman–Crippen LogP) is 1.73. The van der Waals surface area contributed by atoms with E-state index in [1.165, 1.54) is 11.8 Å². The summed E-state index contributed by atoms with van der Waals surface area (Å²) in [5.74, 6) is 0.0245. The molecular weight excluding hydrogens is 270 g/mol. The van der Waals surface area contributed by atoms with Crippen molar-refractivity contribution in [3.05, 3.63) is 0 Å². The molecule has 0 bridgehead atoms. The summed E-state index contributed by atoms with van der Waals surface area (Å²) in [7, 11) is 1.62. The van der Waals surface area contributed by atoms with Gasteiger partial charge in [-0.1, -0.05) is 0 Å². The van der Waals surface area contributed by atoms with Crippen LogP contribution in [0, 0.1) is 0 Å². The van der Waals surface area contributed by atoms with E-state index >= 15 is 0 Å². The number of thioether (sulfide) groups is 1. The lowest BCUT2D eigenvalue weighted by molar-refractivity contribution is -0.138. The van der Waals surface area contributed by atoms with Gasteiger partial charge in [-0.15, -0.1) is 0 Å². The lowest BCUT2D eigenvalue weighted by Crippen LogP contribution is -2.45. The van der Waals surface area contributed by atoms with Gasteiger partial charge in [0.05, 0.1) is 0 Å². The van der Waals surface area contributed by atoms with Crippen LogP contribution >= 0.6 is 11.8 Å². The average Bonchev–Trinajstić information content (AvgIpc) is 2.24. The molecule has 0 fully saturated rings. The first-order valence-corrected chi connectivity index (χ1v) is 7.20. The molecular formula is C12H23NO5S. The van der Waals surface area contributed by atoms with Crippen LogP contribution in [0.15, 0.2) is 0 Å². The lowest BCUT2D eigenvalue weighted by atomic mass is 10.2. The number of ether oxygens (including phenoxy) is 2. The van der Waals surface area contributed by atoms with E-state index in [0.29, 0.717) is 12.4 Å². The minimum atomic E-state index is -1.06. The number of hydrogen-bond donors (Lipinski definition) is 2. The lowest BCUT2D eigenvalue weighted by Gasteiger charge is -2.21. The molecule has 0 rings (SSSR count). The number of alkyl carbamates (subject to hydrolysis) is 1. The highest BCUT2D eigenvalue weighted by molar-refractivity contribution is 7.99. The molecule has 1 unspecified atom stereocenters. The summed E-state index contributed by atoms with van der Waals surface area (Å²) in [5, 5.41) is 11.4. The van der Waals surface area contributed by atoms with E-state index in [-0.39, 0.29) is 0 Å². The fourth-order valence-corrected chi connectivity index (χ4v) is 2.08. The van der Waals surface area contributed by atoms with Crippen molar-refractivity contribution in [3.8, 4) is 0 Å². The van der Waals surface area contributed by atoms with E-state index in [4.69, 9.17) is 14.6 Å². The highest BCUT2D eigenvalue weighted by atomic mass is 32.2. The standard InChI is InChI=1S/C12H23NO5S/c1-12(2,3)18-11(16)13-9(10(14)15)8-19-7-5-6-17-4/h9H,5-8H2,1-4H3,(H,13,16)(H,14,15). The van der Waals surface area contributed by atoms with Crippen LogP contribution in [0.1, 0.15) is 27.2 Å². The van der Waals surface area contributed by atoms with Gasteiger partial charge in [0.1, 0.15) is 11.6 Å². The van der Waals surface area contributed by atoms with Gasteiger partial charge in [-0.25, -0.2) is 9.59 Å². The van der Waals surface area contributed by atoms with Crippen molar-refractivity contribution in [1.82, 2.24) is 5.32 Å². The molecule has 0 saturated heterocycles. The van der Waals surface area contributed by atoms with Gasteiger partial charge < -0.3 is 19.9 Å². The SMILES string of the molecule is COCCCSCC(NC(=O)OC(C)(C)C)C(=O)O. The molecule has 0 spiro atoms. The Labute approximate surface area is 118 Å². The van der Waals surface area contributed by atoms with E-state index in [1.807, 2.05) is 0 Å². The quantitative estimate of drug-likeness (QED) is 0.663. The molecule has 0 aliphatic rings. The molecule has 0 heterocycles. The number of methoxy groups -OCH3 is 1. The summed E-state index contributed by atoms with van der Waals surface area (Å²) >= 11 is 1.46. The van der Waals surface area contributed by atoms with Crippen molar-refractivity contribution >= 4 is 23.8 Å².